The van der Waals surface area contributed by atoms with E-state index in [4.69, 9.17) is 5.11 Å². The minimum absolute atomic E-state index is 0.331. The van der Waals surface area contributed by atoms with Crippen LogP contribution in [0.25, 0.3) is 21.8 Å². The molecule has 0 atom stereocenters. The smallest absolute Gasteiger partial charge is 0.335 e. The third-order valence-electron chi connectivity index (χ3n) is 7.74. The number of H-pyrrole nitrogens is 2. The molecule has 3 heterocycles. The van der Waals surface area contributed by atoms with Gasteiger partial charge in [0, 0.05) is 53.2 Å². The van der Waals surface area contributed by atoms with Crippen LogP contribution < -0.4 is 0 Å². The highest BCUT2D eigenvalue weighted by Crippen LogP contribution is 2.28. The lowest BCUT2D eigenvalue weighted by molar-refractivity contribution is 0.0697. The number of hydrogen-bond donors (Lipinski definition) is 3. The van der Waals surface area contributed by atoms with Crippen molar-refractivity contribution in [1.29, 1.82) is 0 Å². The van der Waals surface area contributed by atoms with E-state index in [1.165, 1.54) is 49.8 Å². The Morgan fingerprint density at radius 2 is 1.57 bits per heavy atom. The van der Waals surface area contributed by atoms with Crippen LogP contribution in [0.15, 0.2) is 85.6 Å². The van der Waals surface area contributed by atoms with Gasteiger partial charge >= 0.3 is 5.97 Å². The number of nitrogens with zero attached hydrogens (tertiary/aromatic N) is 5. The molecule has 0 fully saturated rings. The van der Waals surface area contributed by atoms with Gasteiger partial charge < -0.3 is 24.9 Å². The van der Waals surface area contributed by atoms with Crippen LogP contribution >= 0.6 is 0 Å². The van der Waals surface area contributed by atoms with Crippen LogP contribution in [-0.4, -0.2) is 86.9 Å². The highest BCUT2D eigenvalue weighted by Gasteiger charge is 2.14. The average molecular weight is 592 g/mol. The summed E-state index contributed by atoms with van der Waals surface area (Å²) in [7, 11) is 8.53. The number of carboxylic acid groups (broad SMARTS) is 1. The van der Waals surface area contributed by atoms with E-state index in [9.17, 15) is 4.79 Å². The first-order valence-electron chi connectivity index (χ1n) is 14.9. The van der Waals surface area contributed by atoms with Crippen molar-refractivity contribution >= 4 is 27.8 Å². The first-order chi connectivity index (χ1) is 21.3. The molecule has 9 nitrogen and oxygen atoms in total. The molecule has 3 aromatic heterocycles. The van der Waals surface area contributed by atoms with Crippen LogP contribution in [0.5, 0.6) is 0 Å². The van der Waals surface area contributed by atoms with Crippen LogP contribution in [0.2, 0.25) is 0 Å². The van der Waals surface area contributed by atoms with Gasteiger partial charge in [-0.15, -0.1) is 0 Å². The Kier molecular flexibility index (Phi) is 9.89. The highest BCUT2D eigenvalue weighted by molar-refractivity contribution is 5.87. The highest BCUT2D eigenvalue weighted by atomic mass is 16.4. The van der Waals surface area contributed by atoms with Crippen molar-refractivity contribution in [2.75, 3.05) is 41.3 Å². The zero-order chi connectivity index (χ0) is 31.1. The van der Waals surface area contributed by atoms with E-state index >= 15 is 0 Å². The topological polar surface area (TPSA) is 106 Å². The van der Waals surface area contributed by atoms with E-state index in [-0.39, 0.29) is 0 Å². The maximum absolute atomic E-state index is 10.2. The molecule has 0 aliphatic heterocycles. The van der Waals surface area contributed by atoms with Gasteiger partial charge in [0.15, 0.2) is 0 Å². The molecule has 228 valence electrons. The monoisotopic (exact) mass is 591 g/mol. The number of likely N-dealkylation sites (N-methyl/N-ethyl adjacent to an activating group) is 2. The van der Waals surface area contributed by atoms with Crippen molar-refractivity contribution in [3.63, 3.8) is 0 Å². The zero-order valence-electron chi connectivity index (χ0n) is 25.9. The Balaban J connectivity index is 0.000000367. The number of fused-ring (bicyclic) bond motifs is 2. The molecule has 0 aliphatic rings. The van der Waals surface area contributed by atoms with Crippen LogP contribution in [0.3, 0.4) is 0 Å². The second-order valence-corrected chi connectivity index (χ2v) is 11.7. The summed E-state index contributed by atoms with van der Waals surface area (Å²) in [6.07, 6.45) is 8.47. The first kappa shape index (κ1) is 30.7. The number of nitrogens with one attached hydrogen (secondary N) is 2. The number of benzene rings is 3. The lowest BCUT2D eigenvalue weighted by atomic mass is 9.99. The lowest BCUT2D eigenvalue weighted by Gasteiger charge is -2.11. The van der Waals surface area contributed by atoms with Crippen molar-refractivity contribution in [3.05, 3.63) is 119 Å². The van der Waals surface area contributed by atoms with Crippen LogP contribution in [0.4, 0.5) is 0 Å². The normalized spacial score (nSPS) is 11.4. The van der Waals surface area contributed by atoms with Crippen molar-refractivity contribution in [3.8, 4) is 0 Å². The molecular weight excluding hydrogens is 550 g/mol. The predicted molar refractivity (Wildman–Crippen MR) is 176 cm³/mol. The summed E-state index contributed by atoms with van der Waals surface area (Å²) in [5.74, 6) is -0.879. The van der Waals surface area contributed by atoms with E-state index in [0.717, 1.165) is 38.9 Å². The predicted octanol–water partition coefficient (Wildman–Crippen LogP) is 5.47. The molecule has 0 saturated carbocycles. The van der Waals surface area contributed by atoms with Gasteiger partial charge in [0.25, 0.3) is 0 Å². The zero-order valence-corrected chi connectivity index (χ0v) is 25.9. The maximum atomic E-state index is 10.2. The van der Waals surface area contributed by atoms with Crippen molar-refractivity contribution in [2.24, 2.45) is 0 Å². The largest absolute Gasteiger partial charge is 0.478 e. The summed E-state index contributed by atoms with van der Waals surface area (Å²) in [4.78, 5) is 26.0. The molecule has 0 unspecified atom stereocenters. The molecule has 3 aromatic carbocycles. The van der Waals surface area contributed by atoms with Gasteiger partial charge in [-0.05, 0) is 99.7 Å². The van der Waals surface area contributed by atoms with Crippen molar-refractivity contribution < 1.29 is 9.90 Å². The molecule has 0 saturated heterocycles. The number of rotatable bonds is 11. The van der Waals surface area contributed by atoms with Crippen molar-refractivity contribution in [2.45, 2.75) is 25.8 Å². The van der Waals surface area contributed by atoms with Gasteiger partial charge in [-0.2, -0.15) is 5.10 Å². The summed E-state index contributed by atoms with van der Waals surface area (Å²) in [6, 6.07) is 21.9. The minimum Gasteiger partial charge on any atom is -0.478 e. The molecule has 0 aliphatic carbocycles. The Labute approximate surface area is 258 Å². The van der Waals surface area contributed by atoms with Crippen LogP contribution in [-0.2, 0) is 25.8 Å². The van der Waals surface area contributed by atoms with E-state index in [0.29, 0.717) is 5.56 Å². The standard InChI is InChI=1S/C28H35N7.C7H6O2/c1-33(2)11-9-22-16-30-26-7-5-20(13-24(22)26)15-28-23(10-12-34(3)4)25-14-21(6-8-27(25)32-28)17-35-19-29-18-31-35;8-7(9)6-4-2-1-3-5-6/h5-8,13-14,16,18-19,30,32H,9-12,15,17H2,1-4H3;1-5H,(H,8,9). The summed E-state index contributed by atoms with van der Waals surface area (Å²) in [5.41, 5.74) is 9.42. The average Bonchev–Trinajstić information content (AvgIpc) is 3.75. The van der Waals surface area contributed by atoms with Gasteiger partial charge in [-0.25, -0.2) is 14.5 Å². The Bertz CT molecular complexity index is 1800. The number of hydrogen-bond acceptors (Lipinski definition) is 5. The van der Waals surface area contributed by atoms with Gasteiger partial charge in [0.1, 0.15) is 12.7 Å². The summed E-state index contributed by atoms with van der Waals surface area (Å²) >= 11 is 0. The summed E-state index contributed by atoms with van der Waals surface area (Å²) in [6.45, 7) is 2.78. The third kappa shape index (κ3) is 7.80. The molecule has 9 heteroatoms. The Morgan fingerprint density at radius 1 is 0.864 bits per heavy atom. The molecule has 6 rings (SSSR count). The van der Waals surface area contributed by atoms with E-state index < -0.39 is 5.97 Å². The van der Waals surface area contributed by atoms with Gasteiger partial charge in [-0.3, -0.25) is 0 Å². The molecule has 0 amide bonds. The van der Waals surface area contributed by atoms with Gasteiger partial charge in [-0.1, -0.05) is 30.3 Å². The Hall–Kier alpha value is -4.73. The number of carboxylic acids is 1. The number of aromatic amines is 2. The lowest BCUT2D eigenvalue weighted by Crippen LogP contribution is -2.15. The summed E-state index contributed by atoms with van der Waals surface area (Å²) in [5, 5.41) is 15.3. The van der Waals surface area contributed by atoms with E-state index in [2.05, 4.69) is 101 Å². The maximum Gasteiger partial charge on any atom is 0.335 e. The fourth-order valence-corrected chi connectivity index (χ4v) is 5.39. The molecule has 6 aromatic rings. The van der Waals surface area contributed by atoms with Crippen LogP contribution in [0.1, 0.15) is 38.3 Å². The van der Waals surface area contributed by atoms with Gasteiger partial charge in [0.05, 0.1) is 12.1 Å². The Morgan fingerprint density at radius 3 is 2.25 bits per heavy atom. The SMILES string of the molecule is CN(C)CCc1c[nH]c2ccc(Cc3[nH]c4ccc(Cn5cncn5)cc4c3CCN(C)C)cc12.O=C(O)c1ccccc1. The van der Waals surface area contributed by atoms with E-state index in [1.807, 2.05) is 4.68 Å². The molecule has 0 bridgehead atoms. The number of carbonyl (C=O) groups is 1. The van der Waals surface area contributed by atoms with Crippen LogP contribution in [0, 0.1) is 0 Å². The quantitative estimate of drug-likeness (QED) is 0.185. The molecule has 0 radical (unpaired) electrons. The first-order valence-corrected chi connectivity index (χ1v) is 14.9. The fraction of sp³-hybridized carbons (Fsp3) is 0.286. The second kappa shape index (κ2) is 14.2. The molecular formula is C35H41N7O2. The van der Waals surface area contributed by atoms with Crippen molar-refractivity contribution in [1.82, 2.24) is 34.5 Å². The fourth-order valence-electron chi connectivity index (χ4n) is 5.39. The third-order valence-corrected chi connectivity index (χ3v) is 7.74. The number of aromatic nitrogens is 5. The molecule has 3 N–H and O–H groups in total. The minimum atomic E-state index is -0.879. The molecule has 0 spiro atoms. The number of aromatic carboxylic acids is 1. The van der Waals surface area contributed by atoms with Gasteiger partial charge in [0.2, 0.25) is 0 Å². The van der Waals surface area contributed by atoms with E-state index in [1.54, 1.807) is 43.0 Å². The molecule has 44 heavy (non-hydrogen) atoms. The summed E-state index contributed by atoms with van der Waals surface area (Å²) < 4.78 is 1.87. The second-order valence-electron chi connectivity index (χ2n) is 11.7.